The Kier molecular flexibility index (Phi) is 7.77. The molecule has 2 aromatic heterocycles. The van der Waals surface area contributed by atoms with Crippen molar-refractivity contribution in [3.8, 4) is 17.0 Å². The van der Waals surface area contributed by atoms with Crippen LogP contribution in [0.5, 0.6) is 5.75 Å². The van der Waals surface area contributed by atoms with Crippen LogP contribution in [0.2, 0.25) is 0 Å². The number of rotatable bonds is 8. The van der Waals surface area contributed by atoms with Gasteiger partial charge < -0.3 is 31.5 Å². The number of aromatic nitrogens is 2. The minimum absolute atomic E-state index is 0.0512. The summed E-state index contributed by atoms with van der Waals surface area (Å²) >= 11 is 0. The van der Waals surface area contributed by atoms with Gasteiger partial charge in [-0.15, -0.1) is 0 Å². The second-order valence-electron chi connectivity index (χ2n) is 12.5. The monoisotopic (exact) mass is 666 g/mol. The van der Waals surface area contributed by atoms with E-state index in [1.54, 1.807) is 12.1 Å². The van der Waals surface area contributed by atoms with E-state index in [1.165, 1.54) is 37.4 Å². The van der Waals surface area contributed by atoms with Crippen molar-refractivity contribution in [2.24, 2.45) is 5.73 Å². The number of nitrogens with two attached hydrogens (primary N) is 1. The summed E-state index contributed by atoms with van der Waals surface area (Å²) in [6, 6.07) is 10.8. The third kappa shape index (κ3) is 5.85. The van der Waals surface area contributed by atoms with Gasteiger partial charge in [-0.1, -0.05) is 6.07 Å². The number of anilines is 1. The number of nitrogens with one attached hydrogen (secondary N) is 3. The number of benzene rings is 2. The van der Waals surface area contributed by atoms with Gasteiger partial charge in [-0.2, -0.15) is 13.2 Å². The van der Waals surface area contributed by atoms with Crippen LogP contribution in [0.25, 0.3) is 22.2 Å². The Bertz CT molecular complexity index is 1970. The third-order valence-electron chi connectivity index (χ3n) is 8.76. The summed E-state index contributed by atoms with van der Waals surface area (Å²) in [5.41, 5.74) is -0.847. The molecule has 1 fully saturated rings. The fourth-order valence-electron chi connectivity index (χ4n) is 5.41. The highest BCUT2D eigenvalue weighted by Gasteiger charge is 2.57. The molecule has 2 aliphatic rings. The van der Waals surface area contributed by atoms with Crippen LogP contribution >= 0.6 is 0 Å². The quantitative estimate of drug-likeness (QED) is 0.174. The number of carbonyl (C=O) groups excluding carboxylic acids is 3. The first-order valence-electron chi connectivity index (χ1n) is 14.8. The van der Waals surface area contributed by atoms with Crippen molar-refractivity contribution in [2.45, 2.75) is 49.4 Å². The van der Waals surface area contributed by atoms with Crippen molar-refractivity contribution < 1.29 is 41.8 Å². The van der Waals surface area contributed by atoms with Crippen molar-refractivity contribution in [2.75, 3.05) is 18.5 Å². The molecule has 1 aliphatic heterocycles. The van der Waals surface area contributed by atoms with E-state index in [4.69, 9.17) is 10.5 Å². The van der Waals surface area contributed by atoms with E-state index in [1.807, 2.05) is 6.92 Å². The molecule has 11 nitrogen and oxygen atoms in total. The Morgan fingerprint density at radius 3 is 2.42 bits per heavy atom. The number of pyridine rings is 2. The molecule has 0 saturated heterocycles. The number of primary amides is 1. The summed E-state index contributed by atoms with van der Waals surface area (Å²) in [7, 11) is 0. The Morgan fingerprint density at radius 1 is 1.06 bits per heavy atom. The zero-order valence-corrected chi connectivity index (χ0v) is 25.7. The minimum Gasteiger partial charge on any atom is -0.489 e. The normalized spacial score (nSPS) is 19.1. The Hall–Kier alpha value is -5.31. The highest BCUT2D eigenvalue weighted by molar-refractivity contribution is 6.05. The summed E-state index contributed by atoms with van der Waals surface area (Å²) in [4.78, 5) is 46.9. The van der Waals surface area contributed by atoms with Crippen molar-refractivity contribution in [3.63, 3.8) is 0 Å². The Balaban J connectivity index is 1.37. The second kappa shape index (κ2) is 11.4. The summed E-state index contributed by atoms with van der Waals surface area (Å²) in [5.74, 6) is -2.58. The van der Waals surface area contributed by atoms with Crippen LogP contribution in [0.15, 0.2) is 60.8 Å². The van der Waals surface area contributed by atoms with E-state index < -0.39 is 53.1 Å². The number of ether oxygens (including phenoxy) is 1. The van der Waals surface area contributed by atoms with E-state index in [0.717, 1.165) is 31.0 Å². The molecule has 2 atom stereocenters. The molecular formula is C33H30F4N6O5. The maximum atomic E-state index is 14.8. The van der Waals surface area contributed by atoms with E-state index in [0.29, 0.717) is 10.9 Å². The molecule has 4 aromatic rings. The first-order valence-corrected chi connectivity index (χ1v) is 14.8. The second-order valence-corrected chi connectivity index (χ2v) is 12.5. The van der Waals surface area contributed by atoms with E-state index in [-0.39, 0.29) is 46.0 Å². The van der Waals surface area contributed by atoms with E-state index in [9.17, 15) is 37.1 Å². The van der Waals surface area contributed by atoms with Crippen LogP contribution < -0.4 is 26.4 Å². The van der Waals surface area contributed by atoms with Crippen LogP contribution in [-0.4, -0.2) is 57.8 Å². The predicted molar refractivity (Wildman–Crippen MR) is 165 cm³/mol. The number of alkyl halides is 3. The molecule has 2 aromatic carbocycles. The lowest BCUT2D eigenvalue weighted by Gasteiger charge is -2.31. The lowest BCUT2D eigenvalue weighted by Crippen LogP contribution is -2.51. The number of hydrogen-bond acceptors (Lipinski definition) is 7. The number of hydrogen-bond donors (Lipinski definition) is 5. The van der Waals surface area contributed by atoms with Gasteiger partial charge in [0.1, 0.15) is 29.3 Å². The molecule has 15 heteroatoms. The van der Waals surface area contributed by atoms with Crippen molar-refractivity contribution in [1.29, 1.82) is 0 Å². The molecule has 6 rings (SSSR count). The fourth-order valence-corrected chi connectivity index (χ4v) is 5.41. The summed E-state index contributed by atoms with van der Waals surface area (Å²) in [6.07, 6.45) is -2.33. The van der Waals surface area contributed by atoms with E-state index >= 15 is 0 Å². The Morgan fingerprint density at radius 2 is 1.77 bits per heavy atom. The molecule has 3 heterocycles. The molecule has 4 amide bonds. The average Bonchev–Trinajstić information content (AvgIpc) is 3.66. The van der Waals surface area contributed by atoms with Crippen LogP contribution in [0, 0.1) is 5.82 Å². The maximum Gasteiger partial charge on any atom is 0.424 e. The van der Waals surface area contributed by atoms with Crippen LogP contribution in [-0.2, 0) is 15.8 Å². The molecular weight excluding hydrogens is 636 g/mol. The zero-order valence-electron chi connectivity index (χ0n) is 25.7. The van der Waals surface area contributed by atoms with Gasteiger partial charge in [-0.3, -0.25) is 14.6 Å². The molecule has 250 valence electrons. The van der Waals surface area contributed by atoms with Crippen molar-refractivity contribution in [1.82, 2.24) is 20.6 Å². The number of carbonyl (C=O) groups is 3. The average molecular weight is 667 g/mol. The van der Waals surface area contributed by atoms with Gasteiger partial charge in [0.25, 0.3) is 5.91 Å². The number of aliphatic hydroxyl groups is 1. The van der Waals surface area contributed by atoms with Crippen molar-refractivity contribution >= 4 is 34.4 Å². The zero-order chi connectivity index (χ0) is 34.6. The number of halogens is 4. The third-order valence-corrected chi connectivity index (χ3v) is 8.76. The van der Waals surface area contributed by atoms with Gasteiger partial charge in [0.05, 0.1) is 23.4 Å². The molecule has 1 saturated carbocycles. The largest absolute Gasteiger partial charge is 0.489 e. The van der Waals surface area contributed by atoms with Crippen LogP contribution in [0.3, 0.4) is 0 Å². The summed E-state index contributed by atoms with van der Waals surface area (Å²) in [5, 5.41) is 19.4. The SMILES string of the molecule is CC1(NC(=O)Nc2cc(C(=O)NC[C@](O)(c3cc4c(c(-c5ccc(F)cc5)n3)OC[C@]4(C)C(N)=O)C(F)(F)F)cc3cccnc23)CC1. The summed E-state index contributed by atoms with van der Waals surface area (Å²) < 4.78 is 63.8. The summed E-state index contributed by atoms with van der Waals surface area (Å²) in [6.45, 7) is 1.53. The molecule has 1 aliphatic carbocycles. The van der Waals surface area contributed by atoms with Gasteiger partial charge >= 0.3 is 12.2 Å². The van der Waals surface area contributed by atoms with Gasteiger partial charge in [0.2, 0.25) is 11.5 Å². The number of nitrogens with zero attached hydrogens (tertiary/aromatic N) is 2. The lowest BCUT2D eigenvalue weighted by atomic mass is 9.81. The molecule has 0 bridgehead atoms. The first kappa shape index (κ1) is 32.6. The number of fused-ring (bicyclic) bond motifs is 2. The fraction of sp³-hybridized carbons (Fsp3) is 0.303. The minimum atomic E-state index is -5.40. The first-order chi connectivity index (χ1) is 22.5. The standard InChI is InChI=1S/C33H30F4N6O5/c1-30(9-10-30)43-29(46)41-22-13-19(12-18-4-3-11-39-24(18)22)27(44)40-15-32(47,33(35,36)37)23-14-21-26(48-16-31(21,2)28(38)45)25(42-23)17-5-7-20(34)8-6-17/h3-8,11-14,47H,9-10,15-16H2,1-2H3,(H2,38,45)(H,40,44)(H2,41,43,46)/t31-,32-/m0/s1. The molecule has 0 unspecified atom stereocenters. The lowest BCUT2D eigenvalue weighted by molar-refractivity contribution is -0.265. The van der Waals surface area contributed by atoms with Crippen LogP contribution in [0.1, 0.15) is 48.3 Å². The van der Waals surface area contributed by atoms with E-state index in [2.05, 4.69) is 25.9 Å². The van der Waals surface area contributed by atoms with Gasteiger partial charge in [0, 0.05) is 33.8 Å². The Labute approximate surface area is 270 Å². The van der Waals surface area contributed by atoms with Crippen molar-refractivity contribution in [3.05, 3.63) is 83.4 Å². The van der Waals surface area contributed by atoms with Gasteiger partial charge in [0.15, 0.2) is 0 Å². The smallest absolute Gasteiger partial charge is 0.424 e. The predicted octanol–water partition coefficient (Wildman–Crippen LogP) is 4.43. The molecule has 0 radical (unpaired) electrons. The molecule has 0 spiro atoms. The highest BCUT2D eigenvalue weighted by atomic mass is 19.4. The van der Waals surface area contributed by atoms with Crippen LogP contribution in [0.4, 0.5) is 28.0 Å². The molecule has 6 N–H and O–H groups in total. The highest BCUT2D eigenvalue weighted by Crippen LogP contribution is 2.47. The van der Waals surface area contributed by atoms with Gasteiger partial charge in [-0.05, 0) is 75.2 Å². The van der Waals surface area contributed by atoms with Gasteiger partial charge in [-0.25, -0.2) is 14.2 Å². The molecule has 48 heavy (non-hydrogen) atoms. The maximum absolute atomic E-state index is 14.8. The number of amides is 4. The topological polar surface area (TPSA) is 169 Å². The number of urea groups is 1.